The molecule has 0 amide bonds. The van der Waals surface area contributed by atoms with Crippen LogP contribution in [0.15, 0.2) is 4.99 Å². The van der Waals surface area contributed by atoms with Gasteiger partial charge in [-0.3, -0.25) is 9.89 Å². The van der Waals surface area contributed by atoms with Crippen molar-refractivity contribution in [3.05, 3.63) is 0 Å². The SMILES string of the molecule is CN=C(NCC1(N2CCSCC2)CCCCC1)NC1CC2CCCC(C1)N2C. The number of hydrogen-bond donors (Lipinski definition) is 2. The first-order valence-corrected chi connectivity index (χ1v) is 12.9. The topological polar surface area (TPSA) is 42.9 Å². The van der Waals surface area contributed by atoms with Crippen LogP contribution in [0.25, 0.3) is 0 Å². The molecule has 5 nitrogen and oxygen atoms in total. The molecule has 28 heavy (non-hydrogen) atoms. The molecule has 4 aliphatic rings. The second kappa shape index (κ2) is 9.57. The maximum atomic E-state index is 4.61. The Morgan fingerprint density at radius 2 is 1.71 bits per heavy atom. The van der Waals surface area contributed by atoms with E-state index in [4.69, 9.17) is 0 Å². The number of rotatable bonds is 4. The molecule has 160 valence electrons. The first-order valence-electron chi connectivity index (χ1n) is 11.7. The molecular formula is C22H41N5S. The van der Waals surface area contributed by atoms with Crippen LogP contribution in [-0.4, -0.2) is 84.7 Å². The summed E-state index contributed by atoms with van der Waals surface area (Å²) in [5.74, 6) is 3.63. The zero-order valence-corrected chi connectivity index (χ0v) is 18.9. The summed E-state index contributed by atoms with van der Waals surface area (Å²) in [5.41, 5.74) is 0.347. The molecule has 0 spiro atoms. The molecule has 2 bridgehead atoms. The van der Waals surface area contributed by atoms with Crippen LogP contribution in [0.3, 0.4) is 0 Å². The van der Waals surface area contributed by atoms with E-state index in [2.05, 4.69) is 44.2 Å². The van der Waals surface area contributed by atoms with Gasteiger partial charge in [-0.25, -0.2) is 0 Å². The second-order valence-electron chi connectivity index (χ2n) is 9.53. The summed E-state index contributed by atoms with van der Waals surface area (Å²) in [4.78, 5) is 10.1. The molecule has 3 saturated heterocycles. The van der Waals surface area contributed by atoms with Crippen molar-refractivity contribution in [2.45, 2.75) is 87.9 Å². The third-order valence-electron chi connectivity index (χ3n) is 7.96. The van der Waals surface area contributed by atoms with Crippen LogP contribution in [0, 0.1) is 0 Å². The summed E-state index contributed by atoms with van der Waals surface area (Å²) in [6.07, 6.45) is 13.6. The molecule has 4 fully saturated rings. The van der Waals surface area contributed by atoms with E-state index in [1.165, 1.54) is 88.8 Å². The Hall–Kier alpha value is -0.460. The van der Waals surface area contributed by atoms with Gasteiger partial charge in [0.2, 0.25) is 0 Å². The second-order valence-corrected chi connectivity index (χ2v) is 10.8. The van der Waals surface area contributed by atoms with Crippen LogP contribution >= 0.6 is 11.8 Å². The molecule has 0 radical (unpaired) electrons. The predicted octanol–water partition coefficient (Wildman–Crippen LogP) is 2.92. The molecular weight excluding hydrogens is 366 g/mol. The van der Waals surface area contributed by atoms with E-state index in [9.17, 15) is 0 Å². The Kier molecular flexibility index (Phi) is 7.11. The van der Waals surface area contributed by atoms with Crippen LogP contribution in [0.4, 0.5) is 0 Å². The van der Waals surface area contributed by atoms with Gasteiger partial charge in [0.15, 0.2) is 5.96 Å². The highest BCUT2D eigenvalue weighted by Crippen LogP contribution is 2.35. The monoisotopic (exact) mass is 407 g/mol. The van der Waals surface area contributed by atoms with Gasteiger partial charge in [-0.1, -0.05) is 25.7 Å². The summed E-state index contributed by atoms with van der Waals surface area (Å²) in [7, 11) is 4.28. The zero-order chi connectivity index (χ0) is 19.4. The summed E-state index contributed by atoms with van der Waals surface area (Å²) in [6.45, 7) is 3.57. The summed E-state index contributed by atoms with van der Waals surface area (Å²) in [5, 5.41) is 7.58. The van der Waals surface area contributed by atoms with Crippen molar-refractivity contribution in [1.29, 1.82) is 0 Å². The summed E-state index contributed by atoms with van der Waals surface area (Å²) >= 11 is 2.12. The number of nitrogens with one attached hydrogen (secondary N) is 2. The number of nitrogens with zero attached hydrogens (tertiary/aromatic N) is 3. The first-order chi connectivity index (χ1) is 13.7. The average molecular weight is 408 g/mol. The van der Waals surface area contributed by atoms with Gasteiger partial charge in [-0.05, 0) is 45.6 Å². The third kappa shape index (κ3) is 4.65. The van der Waals surface area contributed by atoms with Gasteiger partial charge in [-0.15, -0.1) is 0 Å². The fraction of sp³-hybridized carbons (Fsp3) is 0.955. The number of guanidine groups is 1. The van der Waals surface area contributed by atoms with Crippen molar-refractivity contribution in [2.24, 2.45) is 4.99 Å². The first kappa shape index (κ1) is 20.8. The Bertz CT molecular complexity index is 513. The van der Waals surface area contributed by atoms with Crippen molar-refractivity contribution in [1.82, 2.24) is 20.4 Å². The quantitative estimate of drug-likeness (QED) is 0.554. The van der Waals surface area contributed by atoms with E-state index in [0.29, 0.717) is 11.6 Å². The van der Waals surface area contributed by atoms with Crippen molar-refractivity contribution in [3.8, 4) is 0 Å². The van der Waals surface area contributed by atoms with Crippen molar-refractivity contribution >= 4 is 17.7 Å². The van der Waals surface area contributed by atoms with Crippen molar-refractivity contribution < 1.29 is 0 Å². The Morgan fingerprint density at radius 3 is 2.36 bits per heavy atom. The number of aliphatic imine (C=N–C) groups is 1. The van der Waals surface area contributed by atoms with Crippen LogP contribution in [0.2, 0.25) is 0 Å². The fourth-order valence-electron chi connectivity index (χ4n) is 6.22. The van der Waals surface area contributed by atoms with Gasteiger partial charge in [0.1, 0.15) is 0 Å². The number of thioether (sulfide) groups is 1. The van der Waals surface area contributed by atoms with Crippen LogP contribution in [0.1, 0.15) is 64.2 Å². The molecule has 3 aliphatic heterocycles. The third-order valence-corrected chi connectivity index (χ3v) is 8.90. The van der Waals surface area contributed by atoms with E-state index in [1.807, 2.05) is 7.05 Å². The maximum absolute atomic E-state index is 4.61. The standard InChI is InChI=1S/C22H41N5S/c1-23-21(25-18-15-19-7-6-8-20(16-18)26(19)2)24-17-22(9-4-3-5-10-22)27-11-13-28-14-12-27/h18-20H,3-17H2,1-2H3,(H2,23,24,25). The molecule has 2 atom stereocenters. The smallest absolute Gasteiger partial charge is 0.191 e. The highest BCUT2D eigenvalue weighted by atomic mass is 32.2. The van der Waals surface area contributed by atoms with Crippen LogP contribution in [-0.2, 0) is 0 Å². The van der Waals surface area contributed by atoms with E-state index in [0.717, 1.165) is 24.6 Å². The highest BCUT2D eigenvalue weighted by molar-refractivity contribution is 7.99. The van der Waals surface area contributed by atoms with E-state index in [-0.39, 0.29) is 0 Å². The lowest BCUT2D eigenvalue weighted by molar-refractivity contribution is 0.0517. The lowest BCUT2D eigenvalue weighted by atomic mass is 9.80. The normalized spacial score (nSPS) is 34.8. The highest BCUT2D eigenvalue weighted by Gasteiger charge is 2.39. The lowest BCUT2D eigenvalue weighted by Gasteiger charge is -2.49. The average Bonchev–Trinajstić information content (AvgIpc) is 2.73. The number of fused-ring (bicyclic) bond motifs is 2. The van der Waals surface area contributed by atoms with Crippen LogP contribution in [0.5, 0.6) is 0 Å². The minimum atomic E-state index is 0.347. The molecule has 6 heteroatoms. The zero-order valence-electron chi connectivity index (χ0n) is 18.1. The van der Waals surface area contributed by atoms with Crippen LogP contribution < -0.4 is 10.6 Å². The lowest BCUT2D eigenvalue weighted by Crippen LogP contribution is -2.61. The van der Waals surface area contributed by atoms with Gasteiger partial charge in [-0.2, -0.15) is 11.8 Å². The van der Waals surface area contributed by atoms with Gasteiger partial charge < -0.3 is 15.5 Å². The largest absolute Gasteiger partial charge is 0.355 e. The molecule has 0 aromatic carbocycles. The fourth-order valence-corrected chi connectivity index (χ4v) is 7.13. The Labute approximate surface area is 176 Å². The molecule has 2 unspecified atom stereocenters. The van der Waals surface area contributed by atoms with E-state index < -0.39 is 0 Å². The van der Waals surface area contributed by atoms with Gasteiger partial charge in [0.25, 0.3) is 0 Å². The summed E-state index contributed by atoms with van der Waals surface area (Å²) in [6, 6.07) is 2.10. The molecule has 1 saturated carbocycles. The minimum absolute atomic E-state index is 0.347. The van der Waals surface area contributed by atoms with Gasteiger partial charge in [0, 0.05) is 61.9 Å². The molecule has 2 N–H and O–H groups in total. The predicted molar refractivity (Wildman–Crippen MR) is 121 cm³/mol. The van der Waals surface area contributed by atoms with Gasteiger partial charge in [0.05, 0.1) is 0 Å². The molecule has 3 heterocycles. The molecule has 1 aliphatic carbocycles. The molecule has 4 rings (SSSR count). The van der Waals surface area contributed by atoms with Crippen molar-refractivity contribution in [3.63, 3.8) is 0 Å². The number of hydrogen-bond acceptors (Lipinski definition) is 4. The number of piperidine rings is 2. The minimum Gasteiger partial charge on any atom is -0.355 e. The van der Waals surface area contributed by atoms with E-state index >= 15 is 0 Å². The maximum Gasteiger partial charge on any atom is 0.191 e. The van der Waals surface area contributed by atoms with Gasteiger partial charge >= 0.3 is 0 Å². The molecule has 0 aromatic rings. The Morgan fingerprint density at radius 1 is 1.04 bits per heavy atom. The summed E-state index contributed by atoms with van der Waals surface area (Å²) < 4.78 is 0. The Balaban J connectivity index is 1.35. The van der Waals surface area contributed by atoms with E-state index in [1.54, 1.807) is 0 Å². The van der Waals surface area contributed by atoms with Crippen molar-refractivity contribution in [2.75, 3.05) is 45.2 Å². The molecule has 0 aromatic heterocycles.